The molecule has 0 unspecified atom stereocenters. The summed E-state index contributed by atoms with van der Waals surface area (Å²) in [6.45, 7) is 6.81. The zero-order valence-corrected chi connectivity index (χ0v) is 20.3. The van der Waals surface area contributed by atoms with Gasteiger partial charge in [-0.25, -0.2) is 4.79 Å². The van der Waals surface area contributed by atoms with Crippen molar-refractivity contribution in [2.24, 2.45) is 11.7 Å². The minimum Gasteiger partial charge on any atom is -0.489 e. The number of amidine groups is 1. The first-order chi connectivity index (χ1) is 16.8. The Morgan fingerprint density at radius 1 is 0.971 bits per heavy atom. The van der Waals surface area contributed by atoms with E-state index in [9.17, 15) is 9.59 Å². The van der Waals surface area contributed by atoms with Gasteiger partial charge >= 0.3 is 5.97 Å². The molecule has 0 aromatic heterocycles. The molecular formula is C28H31N3O4. The normalized spacial score (nSPS) is 10.6. The fourth-order valence-electron chi connectivity index (χ4n) is 3.50. The van der Waals surface area contributed by atoms with Gasteiger partial charge in [-0.1, -0.05) is 44.2 Å². The molecule has 0 fully saturated rings. The quantitative estimate of drug-likeness (QED) is 0.223. The molecule has 1 amide bonds. The lowest BCUT2D eigenvalue weighted by Crippen LogP contribution is -2.27. The van der Waals surface area contributed by atoms with Gasteiger partial charge in [0, 0.05) is 17.7 Å². The number of hydrogen-bond acceptors (Lipinski definition) is 5. The Morgan fingerprint density at radius 3 is 2.31 bits per heavy atom. The molecule has 0 bridgehead atoms. The van der Waals surface area contributed by atoms with Crippen LogP contribution in [0.4, 0.5) is 0 Å². The molecule has 0 heterocycles. The van der Waals surface area contributed by atoms with Crippen molar-refractivity contribution in [2.75, 3.05) is 13.2 Å². The zero-order chi connectivity index (χ0) is 25.4. The number of nitrogens with one attached hydrogen (secondary N) is 2. The van der Waals surface area contributed by atoms with Crippen LogP contribution in [0.15, 0.2) is 66.7 Å². The molecule has 0 aliphatic heterocycles. The van der Waals surface area contributed by atoms with Crippen LogP contribution in [0.25, 0.3) is 11.1 Å². The average Bonchev–Trinajstić information content (AvgIpc) is 2.86. The van der Waals surface area contributed by atoms with E-state index in [1.165, 1.54) is 0 Å². The Hall–Kier alpha value is -4.13. The summed E-state index contributed by atoms with van der Waals surface area (Å²) in [5.74, 6) is 0.216. The van der Waals surface area contributed by atoms with E-state index >= 15 is 0 Å². The van der Waals surface area contributed by atoms with Crippen LogP contribution in [0.1, 0.15) is 52.6 Å². The Kier molecular flexibility index (Phi) is 8.62. The maximum absolute atomic E-state index is 12.8. The number of carbonyl (C=O) groups excluding carboxylic acids is 2. The first kappa shape index (κ1) is 25.5. The van der Waals surface area contributed by atoms with Crippen LogP contribution in [-0.2, 0) is 11.3 Å². The lowest BCUT2D eigenvalue weighted by molar-refractivity contribution is 0.0527. The minimum atomic E-state index is -0.489. The average molecular weight is 474 g/mol. The van der Waals surface area contributed by atoms with Crippen LogP contribution >= 0.6 is 0 Å². The second-order valence-corrected chi connectivity index (χ2v) is 8.47. The van der Waals surface area contributed by atoms with Gasteiger partial charge < -0.3 is 20.5 Å². The summed E-state index contributed by atoms with van der Waals surface area (Å²) < 4.78 is 11.3. The lowest BCUT2D eigenvalue weighted by atomic mass is 9.94. The summed E-state index contributed by atoms with van der Waals surface area (Å²) in [6, 6.07) is 19.7. The van der Waals surface area contributed by atoms with E-state index in [0.717, 1.165) is 11.1 Å². The highest BCUT2D eigenvalue weighted by atomic mass is 16.5. The number of nitrogen functional groups attached to an aromatic ring is 1. The van der Waals surface area contributed by atoms with Gasteiger partial charge in [0.15, 0.2) is 0 Å². The summed E-state index contributed by atoms with van der Waals surface area (Å²) in [7, 11) is 0. The highest BCUT2D eigenvalue weighted by molar-refractivity contribution is 6.02. The summed E-state index contributed by atoms with van der Waals surface area (Å²) >= 11 is 0. The molecule has 0 atom stereocenters. The predicted octanol–water partition coefficient (Wildman–Crippen LogP) is 4.78. The number of esters is 1. The van der Waals surface area contributed by atoms with Gasteiger partial charge in [-0.15, -0.1) is 0 Å². The van der Waals surface area contributed by atoms with Crippen LogP contribution in [0.2, 0.25) is 0 Å². The molecule has 3 aromatic carbocycles. The number of amides is 1. The van der Waals surface area contributed by atoms with Crippen LogP contribution in [0, 0.1) is 11.3 Å². The number of nitrogens with two attached hydrogens (primary N) is 1. The van der Waals surface area contributed by atoms with Crippen molar-refractivity contribution in [3.63, 3.8) is 0 Å². The molecule has 0 saturated heterocycles. The summed E-state index contributed by atoms with van der Waals surface area (Å²) in [5, 5.41) is 10.4. The molecule has 3 rings (SSSR count). The van der Waals surface area contributed by atoms with Crippen molar-refractivity contribution in [3.8, 4) is 16.9 Å². The molecule has 182 valence electrons. The number of hydrogen-bond donors (Lipinski definition) is 3. The second kappa shape index (κ2) is 11.8. The van der Waals surface area contributed by atoms with Gasteiger partial charge in [-0.3, -0.25) is 10.2 Å². The van der Waals surface area contributed by atoms with Crippen molar-refractivity contribution in [3.05, 3.63) is 89.0 Å². The third-order valence-electron chi connectivity index (χ3n) is 5.32. The minimum absolute atomic E-state index is 0.00488. The Morgan fingerprint density at radius 2 is 1.66 bits per heavy atom. The first-order valence-electron chi connectivity index (χ1n) is 11.5. The van der Waals surface area contributed by atoms with E-state index in [4.69, 9.17) is 20.6 Å². The largest absolute Gasteiger partial charge is 0.489 e. The summed E-state index contributed by atoms with van der Waals surface area (Å²) in [6.07, 6.45) is 0. The van der Waals surface area contributed by atoms with Crippen molar-refractivity contribution in [1.82, 2.24) is 5.32 Å². The second-order valence-electron chi connectivity index (χ2n) is 8.47. The molecule has 0 saturated carbocycles. The molecule has 0 radical (unpaired) electrons. The third-order valence-corrected chi connectivity index (χ3v) is 5.32. The van der Waals surface area contributed by atoms with Gasteiger partial charge in [0.2, 0.25) is 0 Å². The van der Waals surface area contributed by atoms with Crippen molar-refractivity contribution in [1.29, 1.82) is 5.41 Å². The highest BCUT2D eigenvalue weighted by Crippen LogP contribution is 2.30. The molecule has 7 nitrogen and oxygen atoms in total. The van der Waals surface area contributed by atoms with Gasteiger partial charge in [0.05, 0.1) is 12.2 Å². The zero-order valence-electron chi connectivity index (χ0n) is 20.3. The SMILES string of the molecule is CCOC(=O)c1cc(C(=O)NCC(C)C)ccc1-c1ccccc1COc1ccc(C(=N)N)cc1. The Bertz CT molecular complexity index is 1200. The highest BCUT2D eigenvalue weighted by Gasteiger charge is 2.19. The predicted molar refractivity (Wildman–Crippen MR) is 137 cm³/mol. The number of rotatable bonds is 10. The lowest BCUT2D eigenvalue weighted by Gasteiger charge is -2.16. The molecule has 7 heteroatoms. The van der Waals surface area contributed by atoms with Crippen LogP contribution in [0.5, 0.6) is 5.75 Å². The third kappa shape index (κ3) is 6.69. The van der Waals surface area contributed by atoms with E-state index in [1.54, 1.807) is 49.4 Å². The van der Waals surface area contributed by atoms with Crippen molar-refractivity contribution in [2.45, 2.75) is 27.4 Å². The fourth-order valence-corrected chi connectivity index (χ4v) is 3.50. The maximum atomic E-state index is 12.8. The molecule has 4 N–H and O–H groups in total. The Balaban J connectivity index is 1.92. The van der Waals surface area contributed by atoms with Gasteiger partial charge in [-0.05, 0) is 65.9 Å². The van der Waals surface area contributed by atoms with Crippen molar-refractivity contribution >= 4 is 17.7 Å². The van der Waals surface area contributed by atoms with E-state index in [1.807, 2.05) is 38.1 Å². The van der Waals surface area contributed by atoms with Crippen LogP contribution < -0.4 is 15.8 Å². The van der Waals surface area contributed by atoms with Crippen LogP contribution in [0.3, 0.4) is 0 Å². The monoisotopic (exact) mass is 473 g/mol. The van der Waals surface area contributed by atoms with Crippen LogP contribution in [-0.4, -0.2) is 30.9 Å². The first-order valence-corrected chi connectivity index (χ1v) is 11.5. The van der Waals surface area contributed by atoms with E-state index < -0.39 is 5.97 Å². The topological polar surface area (TPSA) is 115 Å². The number of carbonyl (C=O) groups is 2. The molecule has 0 aliphatic carbocycles. The van der Waals surface area contributed by atoms with Crippen molar-refractivity contribution < 1.29 is 19.1 Å². The molecular weight excluding hydrogens is 442 g/mol. The molecule has 0 spiro atoms. The molecule has 35 heavy (non-hydrogen) atoms. The number of ether oxygens (including phenoxy) is 2. The van der Waals surface area contributed by atoms with Gasteiger partial charge in [0.1, 0.15) is 18.2 Å². The molecule has 3 aromatic rings. The summed E-state index contributed by atoms with van der Waals surface area (Å²) in [5.41, 5.74) is 9.19. The van der Waals surface area contributed by atoms with E-state index in [-0.39, 0.29) is 25.0 Å². The fraction of sp³-hybridized carbons (Fsp3) is 0.250. The van der Waals surface area contributed by atoms with E-state index in [2.05, 4.69) is 5.32 Å². The van der Waals surface area contributed by atoms with E-state index in [0.29, 0.717) is 40.5 Å². The molecule has 0 aliphatic rings. The number of benzene rings is 3. The standard InChI is InChI=1S/C28H31N3O4/c1-4-34-28(33)25-15-20(27(32)31-16-18(2)3)11-14-24(25)23-8-6-5-7-21(23)17-35-22-12-9-19(10-13-22)26(29)30/h5-15,18H,4,16-17H2,1-3H3,(H3,29,30)(H,31,32). The van der Waals surface area contributed by atoms with Gasteiger partial charge in [-0.2, -0.15) is 0 Å². The maximum Gasteiger partial charge on any atom is 0.338 e. The van der Waals surface area contributed by atoms with Gasteiger partial charge in [0.25, 0.3) is 5.91 Å². The Labute approximate surface area is 205 Å². The summed E-state index contributed by atoms with van der Waals surface area (Å²) in [4.78, 5) is 25.5. The smallest absolute Gasteiger partial charge is 0.338 e.